The van der Waals surface area contributed by atoms with Crippen LogP contribution in [0, 0.1) is 5.92 Å². The third kappa shape index (κ3) is 3.32. The number of ketones is 1. The van der Waals surface area contributed by atoms with Crippen LogP contribution in [0.4, 0.5) is 0 Å². The highest BCUT2D eigenvalue weighted by Crippen LogP contribution is 2.04. The van der Waals surface area contributed by atoms with Crippen LogP contribution >= 0.6 is 0 Å². The summed E-state index contributed by atoms with van der Waals surface area (Å²) in [5.74, 6) is -1.54. The van der Waals surface area contributed by atoms with Crippen molar-refractivity contribution >= 4 is 11.8 Å². The van der Waals surface area contributed by atoms with E-state index in [1.165, 1.54) is 0 Å². The zero-order valence-electron chi connectivity index (χ0n) is 7.50. The molecule has 0 spiro atoms. The molecule has 0 saturated heterocycles. The van der Waals surface area contributed by atoms with Gasteiger partial charge in [0.25, 0.3) is 0 Å². The summed E-state index contributed by atoms with van der Waals surface area (Å²) in [5, 5.41) is 0. The van der Waals surface area contributed by atoms with Crippen LogP contribution in [0.15, 0.2) is 12.7 Å². The minimum atomic E-state index is -0.744. The Labute approximate surface area is 72.4 Å². The van der Waals surface area contributed by atoms with Gasteiger partial charge in [-0.15, -0.1) is 6.58 Å². The molecule has 0 aromatic rings. The van der Waals surface area contributed by atoms with Crippen LogP contribution in [-0.4, -0.2) is 18.4 Å². The smallest absolute Gasteiger partial charge is 0.374 e. The summed E-state index contributed by atoms with van der Waals surface area (Å²) in [6.07, 6.45) is 2.12. The molecule has 0 aliphatic rings. The Morgan fingerprint density at radius 3 is 2.58 bits per heavy atom. The molecule has 0 rings (SSSR count). The van der Waals surface area contributed by atoms with Gasteiger partial charge in [0.05, 0.1) is 6.61 Å². The molecule has 12 heavy (non-hydrogen) atoms. The second-order valence-electron chi connectivity index (χ2n) is 2.51. The molecule has 0 aromatic carbocycles. The number of esters is 1. The lowest BCUT2D eigenvalue weighted by molar-refractivity contribution is -0.155. The van der Waals surface area contributed by atoms with Crippen molar-refractivity contribution in [1.82, 2.24) is 0 Å². The summed E-state index contributed by atoms with van der Waals surface area (Å²) in [4.78, 5) is 22.0. The molecule has 0 bridgehead atoms. The standard InChI is InChI=1S/C9H14O3/c1-4-6-7(3)8(10)9(11)12-5-2/h4,7H,1,5-6H2,2-3H3. The first kappa shape index (κ1) is 10.9. The topological polar surface area (TPSA) is 43.4 Å². The average Bonchev–Trinajstić information content (AvgIpc) is 2.04. The molecule has 1 atom stereocenters. The van der Waals surface area contributed by atoms with Crippen LogP contribution in [0.2, 0.25) is 0 Å². The summed E-state index contributed by atoms with van der Waals surface area (Å²) in [5.41, 5.74) is 0. The van der Waals surface area contributed by atoms with Gasteiger partial charge in [0.15, 0.2) is 0 Å². The Hall–Kier alpha value is -1.12. The molecule has 68 valence electrons. The van der Waals surface area contributed by atoms with E-state index >= 15 is 0 Å². The number of carbonyl (C=O) groups excluding carboxylic acids is 2. The van der Waals surface area contributed by atoms with E-state index in [4.69, 9.17) is 0 Å². The van der Waals surface area contributed by atoms with Crippen molar-refractivity contribution in [2.45, 2.75) is 20.3 Å². The van der Waals surface area contributed by atoms with Crippen molar-refractivity contribution in [1.29, 1.82) is 0 Å². The van der Waals surface area contributed by atoms with Crippen molar-refractivity contribution < 1.29 is 14.3 Å². The van der Waals surface area contributed by atoms with Gasteiger partial charge in [-0.2, -0.15) is 0 Å². The summed E-state index contributed by atoms with van der Waals surface area (Å²) >= 11 is 0. The third-order valence-corrected chi connectivity index (χ3v) is 1.44. The van der Waals surface area contributed by atoms with Gasteiger partial charge < -0.3 is 4.74 Å². The van der Waals surface area contributed by atoms with E-state index in [0.717, 1.165) is 0 Å². The Balaban J connectivity index is 3.99. The Kier molecular flexibility index (Phi) is 5.00. The van der Waals surface area contributed by atoms with E-state index in [9.17, 15) is 9.59 Å². The number of hydrogen-bond acceptors (Lipinski definition) is 3. The van der Waals surface area contributed by atoms with E-state index in [0.29, 0.717) is 6.42 Å². The van der Waals surface area contributed by atoms with Gasteiger partial charge in [-0.25, -0.2) is 4.79 Å². The van der Waals surface area contributed by atoms with E-state index in [-0.39, 0.29) is 12.5 Å². The van der Waals surface area contributed by atoms with Crippen molar-refractivity contribution in [2.75, 3.05) is 6.61 Å². The molecule has 0 heterocycles. The zero-order valence-corrected chi connectivity index (χ0v) is 7.50. The van der Waals surface area contributed by atoms with Crippen molar-refractivity contribution in [3.8, 4) is 0 Å². The fraction of sp³-hybridized carbons (Fsp3) is 0.556. The van der Waals surface area contributed by atoms with Gasteiger partial charge >= 0.3 is 5.97 Å². The van der Waals surface area contributed by atoms with E-state index in [2.05, 4.69) is 11.3 Å². The highest BCUT2D eigenvalue weighted by molar-refractivity contribution is 6.34. The van der Waals surface area contributed by atoms with Crippen molar-refractivity contribution in [3.05, 3.63) is 12.7 Å². The van der Waals surface area contributed by atoms with Crippen LogP contribution < -0.4 is 0 Å². The first-order chi connectivity index (χ1) is 5.63. The summed E-state index contributed by atoms with van der Waals surface area (Å²) in [6.45, 7) is 7.08. The summed E-state index contributed by atoms with van der Waals surface area (Å²) < 4.78 is 4.55. The first-order valence-electron chi connectivity index (χ1n) is 3.95. The van der Waals surface area contributed by atoms with Gasteiger partial charge in [0.1, 0.15) is 0 Å². The fourth-order valence-corrected chi connectivity index (χ4v) is 0.760. The normalized spacial score (nSPS) is 11.8. The molecule has 0 aliphatic heterocycles. The van der Waals surface area contributed by atoms with Crippen molar-refractivity contribution in [2.24, 2.45) is 5.92 Å². The lowest BCUT2D eigenvalue weighted by Gasteiger charge is -2.05. The molecule has 0 aromatic heterocycles. The van der Waals surface area contributed by atoms with Gasteiger partial charge in [0.2, 0.25) is 5.78 Å². The summed E-state index contributed by atoms with van der Waals surface area (Å²) in [6, 6.07) is 0. The quantitative estimate of drug-likeness (QED) is 0.355. The average molecular weight is 170 g/mol. The van der Waals surface area contributed by atoms with Crippen LogP contribution in [0.1, 0.15) is 20.3 Å². The molecule has 0 aliphatic carbocycles. The molecular formula is C9H14O3. The van der Waals surface area contributed by atoms with Gasteiger partial charge in [-0.3, -0.25) is 4.79 Å². The Morgan fingerprint density at radius 2 is 2.17 bits per heavy atom. The van der Waals surface area contributed by atoms with Crippen LogP contribution in [0.25, 0.3) is 0 Å². The highest BCUT2D eigenvalue weighted by atomic mass is 16.5. The number of allylic oxidation sites excluding steroid dienone is 1. The monoisotopic (exact) mass is 170 g/mol. The van der Waals surface area contributed by atoms with Crippen molar-refractivity contribution in [3.63, 3.8) is 0 Å². The lowest BCUT2D eigenvalue weighted by atomic mass is 10.0. The second kappa shape index (κ2) is 5.52. The number of Topliss-reactive ketones (excluding diaryl/α,β-unsaturated/α-hetero) is 1. The fourth-order valence-electron chi connectivity index (χ4n) is 0.760. The molecule has 0 N–H and O–H groups in total. The SMILES string of the molecule is C=CCC(C)C(=O)C(=O)OCC. The highest BCUT2D eigenvalue weighted by Gasteiger charge is 2.20. The first-order valence-corrected chi connectivity index (χ1v) is 3.95. The minimum absolute atomic E-state index is 0.241. The van der Waals surface area contributed by atoms with Crippen LogP contribution in [0.5, 0.6) is 0 Å². The maximum Gasteiger partial charge on any atom is 0.374 e. The summed E-state index contributed by atoms with van der Waals surface area (Å²) in [7, 11) is 0. The van der Waals surface area contributed by atoms with E-state index in [1.54, 1.807) is 19.9 Å². The van der Waals surface area contributed by atoms with Gasteiger partial charge in [0, 0.05) is 5.92 Å². The molecule has 0 fully saturated rings. The second-order valence-corrected chi connectivity index (χ2v) is 2.51. The zero-order chi connectivity index (χ0) is 9.56. The lowest BCUT2D eigenvalue weighted by Crippen LogP contribution is -2.23. The Morgan fingerprint density at radius 1 is 1.58 bits per heavy atom. The molecule has 3 nitrogen and oxygen atoms in total. The predicted octanol–water partition coefficient (Wildman–Crippen LogP) is 1.33. The minimum Gasteiger partial charge on any atom is -0.460 e. The van der Waals surface area contributed by atoms with Gasteiger partial charge in [-0.05, 0) is 13.3 Å². The molecule has 1 unspecified atom stereocenters. The Bertz CT molecular complexity index is 184. The number of hydrogen-bond donors (Lipinski definition) is 0. The van der Waals surface area contributed by atoms with Gasteiger partial charge in [-0.1, -0.05) is 13.0 Å². The maximum absolute atomic E-state index is 11.1. The largest absolute Gasteiger partial charge is 0.460 e. The molecule has 3 heteroatoms. The predicted molar refractivity (Wildman–Crippen MR) is 45.6 cm³/mol. The number of ether oxygens (including phenoxy) is 1. The van der Waals surface area contributed by atoms with Crippen LogP contribution in [0.3, 0.4) is 0 Å². The number of rotatable bonds is 5. The molecule has 0 radical (unpaired) electrons. The third-order valence-electron chi connectivity index (χ3n) is 1.44. The number of carbonyl (C=O) groups is 2. The van der Waals surface area contributed by atoms with Crippen LogP contribution in [-0.2, 0) is 14.3 Å². The molecular weight excluding hydrogens is 156 g/mol. The molecule has 0 saturated carbocycles. The maximum atomic E-state index is 11.1. The molecule has 0 amide bonds. The van der Waals surface area contributed by atoms with E-state index < -0.39 is 11.8 Å². The van der Waals surface area contributed by atoms with E-state index in [1.807, 2.05) is 0 Å².